The van der Waals surface area contributed by atoms with Gasteiger partial charge in [-0.05, 0) is 43.9 Å². The maximum Gasteiger partial charge on any atom is 0.124 e. The summed E-state index contributed by atoms with van der Waals surface area (Å²) in [5, 5.41) is 3.80. The van der Waals surface area contributed by atoms with Crippen molar-refractivity contribution in [3.63, 3.8) is 0 Å². The van der Waals surface area contributed by atoms with Crippen LogP contribution in [0.25, 0.3) is 0 Å². The number of para-hydroxylation sites is 1. The molecule has 0 bridgehead atoms. The molecule has 0 saturated carbocycles. The Balaban J connectivity index is 1.77. The van der Waals surface area contributed by atoms with Gasteiger partial charge in [-0.25, -0.2) is 0 Å². The number of anilines is 1. The van der Waals surface area contributed by atoms with Gasteiger partial charge in [-0.1, -0.05) is 37.3 Å². The minimum Gasteiger partial charge on any atom is -0.494 e. The van der Waals surface area contributed by atoms with Crippen molar-refractivity contribution in [1.29, 1.82) is 0 Å². The van der Waals surface area contributed by atoms with Gasteiger partial charge in [-0.3, -0.25) is 0 Å². The van der Waals surface area contributed by atoms with E-state index in [9.17, 15) is 0 Å². The number of rotatable bonds is 4. The van der Waals surface area contributed by atoms with Crippen LogP contribution in [0.4, 0.5) is 5.69 Å². The second kappa shape index (κ2) is 7.09. The third-order valence-electron chi connectivity index (χ3n) is 5.49. The highest BCUT2D eigenvalue weighted by Crippen LogP contribution is 2.50. The predicted octanol–water partition coefficient (Wildman–Crippen LogP) is 5.28. The molecule has 1 saturated heterocycles. The molecule has 0 radical (unpaired) electrons. The quantitative estimate of drug-likeness (QED) is 0.823. The molecule has 25 heavy (non-hydrogen) atoms. The van der Waals surface area contributed by atoms with Gasteiger partial charge in [-0.15, -0.1) is 0 Å². The largest absolute Gasteiger partial charge is 0.494 e. The minimum absolute atomic E-state index is 0.177. The van der Waals surface area contributed by atoms with Crippen LogP contribution in [0.3, 0.4) is 0 Å². The Bertz CT molecular complexity index is 743. The van der Waals surface area contributed by atoms with Gasteiger partial charge in [0.15, 0.2) is 0 Å². The van der Waals surface area contributed by atoms with Crippen molar-refractivity contribution in [3.8, 4) is 5.75 Å². The van der Waals surface area contributed by atoms with Crippen molar-refractivity contribution >= 4 is 5.69 Å². The fraction of sp³-hybridized carbons (Fsp3) is 0.455. The topological polar surface area (TPSA) is 30.5 Å². The number of fused-ring (bicyclic) bond motifs is 3. The molecular weight excluding hydrogens is 310 g/mol. The molecule has 2 heterocycles. The van der Waals surface area contributed by atoms with Crippen LogP contribution in [-0.4, -0.2) is 13.2 Å². The predicted molar refractivity (Wildman–Crippen MR) is 101 cm³/mol. The molecule has 2 aliphatic rings. The van der Waals surface area contributed by atoms with Crippen LogP contribution >= 0.6 is 0 Å². The molecule has 4 rings (SSSR count). The maximum atomic E-state index is 6.28. The molecular formula is C22H27NO2. The standard InChI is InChI=1S/C22H27NO2/c1-3-15-11-12-19-18(14-15)22-17(9-7-13-25-22)21(23-19)16-8-5-6-10-20(16)24-4-2/h5-6,8,10-12,14,17,21-23H,3-4,7,9,13H2,1-2H3/t17-,21+,22-/m0/s1. The number of ether oxygens (including phenoxy) is 2. The van der Waals surface area contributed by atoms with Crippen LogP contribution < -0.4 is 10.1 Å². The summed E-state index contributed by atoms with van der Waals surface area (Å²) < 4.78 is 12.2. The Labute approximate surface area is 150 Å². The van der Waals surface area contributed by atoms with Crippen LogP contribution in [0.5, 0.6) is 5.75 Å². The monoisotopic (exact) mass is 337 g/mol. The number of nitrogens with one attached hydrogen (secondary N) is 1. The van der Waals surface area contributed by atoms with Crippen LogP contribution in [0.2, 0.25) is 0 Å². The third kappa shape index (κ3) is 3.02. The molecule has 1 fully saturated rings. The number of benzene rings is 2. The summed E-state index contributed by atoms with van der Waals surface area (Å²) in [6.07, 6.45) is 3.54. The highest BCUT2D eigenvalue weighted by Gasteiger charge is 2.40. The van der Waals surface area contributed by atoms with Gasteiger partial charge in [0.05, 0.1) is 18.8 Å². The van der Waals surface area contributed by atoms with Gasteiger partial charge in [0.25, 0.3) is 0 Å². The summed E-state index contributed by atoms with van der Waals surface area (Å²) in [5.41, 5.74) is 5.16. The van der Waals surface area contributed by atoms with E-state index >= 15 is 0 Å². The summed E-state index contributed by atoms with van der Waals surface area (Å²) in [4.78, 5) is 0. The summed E-state index contributed by atoms with van der Waals surface area (Å²) in [6, 6.07) is 15.4. The summed E-state index contributed by atoms with van der Waals surface area (Å²) >= 11 is 0. The molecule has 0 unspecified atom stereocenters. The Kier molecular flexibility index (Phi) is 4.67. The van der Waals surface area contributed by atoms with Gasteiger partial charge < -0.3 is 14.8 Å². The Morgan fingerprint density at radius 3 is 2.84 bits per heavy atom. The lowest BCUT2D eigenvalue weighted by Crippen LogP contribution is -2.36. The van der Waals surface area contributed by atoms with Crippen molar-refractivity contribution in [2.24, 2.45) is 5.92 Å². The van der Waals surface area contributed by atoms with E-state index in [0.717, 1.165) is 25.2 Å². The Hall–Kier alpha value is -2.00. The molecule has 2 aromatic carbocycles. The van der Waals surface area contributed by atoms with Crippen molar-refractivity contribution < 1.29 is 9.47 Å². The Morgan fingerprint density at radius 2 is 2.00 bits per heavy atom. The minimum atomic E-state index is 0.177. The lowest BCUT2D eigenvalue weighted by molar-refractivity contribution is -0.0383. The van der Waals surface area contributed by atoms with Crippen molar-refractivity contribution in [1.82, 2.24) is 0 Å². The normalized spacial score (nSPS) is 24.8. The van der Waals surface area contributed by atoms with Crippen LogP contribution in [0.15, 0.2) is 42.5 Å². The molecule has 3 nitrogen and oxygen atoms in total. The van der Waals surface area contributed by atoms with E-state index in [1.54, 1.807) is 0 Å². The molecule has 0 spiro atoms. The highest BCUT2D eigenvalue weighted by atomic mass is 16.5. The van der Waals surface area contributed by atoms with Crippen molar-refractivity contribution in [2.75, 3.05) is 18.5 Å². The van der Waals surface area contributed by atoms with E-state index in [0.29, 0.717) is 12.5 Å². The lowest BCUT2D eigenvalue weighted by atomic mass is 9.77. The fourth-order valence-electron chi connectivity index (χ4n) is 4.27. The molecule has 0 aromatic heterocycles. The van der Waals surface area contributed by atoms with E-state index in [1.165, 1.54) is 28.8 Å². The van der Waals surface area contributed by atoms with Crippen LogP contribution in [0.1, 0.15) is 55.5 Å². The highest BCUT2D eigenvalue weighted by molar-refractivity contribution is 5.59. The Morgan fingerprint density at radius 1 is 1.12 bits per heavy atom. The van der Waals surface area contributed by atoms with Gasteiger partial charge in [-0.2, -0.15) is 0 Å². The van der Waals surface area contributed by atoms with E-state index in [4.69, 9.17) is 9.47 Å². The summed E-state index contributed by atoms with van der Waals surface area (Å²) in [6.45, 7) is 5.79. The zero-order chi connectivity index (χ0) is 17.2. The molecule has 3 atom stereocenters. The zero-order valence-electron chi connectivity index (χ0n) is 15.1. The molecule has 0 aliphatic carbocycles. The first-order valence-corrected chi connectivity index (χ1v) is 9.54. The van der Waals surface area contributed by atoms with Crippen molar-refractivity contribution in [3.05, 3.63) is 59.2 Å². The number of aryl methyl sites for hydroxylation is 1. The molecule has 0 amide bonds. The molecule has 132 valence electrons. The first kappa shape index (κ1) is 16.5. The first-order chi connectivity index (χ1) is 12.3. The second-order valence-electron chi connectivity index (χ2n) is 6.97. The molecule has 2 aromatic rings. The SMILES string of the molecule is CCOc1ccccc1[C@H]1Nc2ccc(CC)cc2[C@H]2OCCC[C@@H]12. The number of hydrogen-bond acceptors (Lipinski definition) is 3. The number of hydrogen-bond donors (Lipinski definition) is 1. The van der Waals surface area contributed by atoms with Gasteiger partial charge in [0.2, 0.25) is 0 Å². The van der Waals surface area contributed by atoms with E-state index in [1.807, 2.05) is 13.0 Å². The first-order valence-electron chi connectivity index (χ1n) is 9.54. The van der Waals surface area contributed by atoms with Gasteiger partial charge >= 0.3 is 0 Å². The zero-order valence-corrected chi connectivity index (χ0v) is 15.1. The van der Waals surface area contributed by atoms with Crippen LogP contribution in [0, 0.1) is 5.92 Å². The summed E-state index contributed by atoms with van der Waals surface area (Å²) in [5.74, 6) is 1.43. The van der Waals surface area contributed by atoms with Gasteiger partial charge in [0.1, 0.15) is 5.75 Å². The molecule has 2 aliphatic heterocycles. The second-order valence-corrected chi connectivity index (χ2v) is 6.97. The van der Waals surface area contributed by atoms with Gasteiger partial charge in [0, 0.05) is 29.3 Å². The van der Waals surface area contributed by atoms with E-state index in [-0.39, 0.29) is 12.1 Å². The third-order valence-corrected chi connectivity index (χ3v) is 5.49. The average molecular weight is 337 g/mol. The average Bonchev–Trinajstić information content (AvgIpc) is 2.68. The van der Waals surface area contributed by atoms with E-state index in [2.05, 4.69) is 48.6 Å². The lowest BCUT2D eigenvalue weighted by Gasteiger charge is -2.43. The fourth-order valence-corrected chi connectivity index (χ4v) is 4.27. The maximum absolute atomic E-state index is 6.28. The van der Waals surface area contributed by atoms with Crippen LogP contribution in [-0.2, 0) is 11.2 Å². The smallest absolute Gasteiger partial charge is 0.124 e. The summed E-state index contributed by atoms with van der Waals surface area (Å²) in [7, 11) is 0. The molecule has 3 heteroatoms. The molecule has 1 N–H and O–H groups in total. The van der Waals surface area contributed by atoms with E-state index < -0.39 is 0 Å². The van der Waals surface area contributed by atoms with Crippen molar-refractivity contribution in [2.45, 2.75) is 45.3 Å².